The van der Waals surface area contributed by atoms with Crippen molar-refractivity contribution in [3.63, 3.8) is 0 Å². The largest absolute Gasteiger partial charge is 0.383 e. The van der Waals surface area contributed by atoms with Crippen LogP contribution in [0.3, 0.4) is 0 Å². The zero-order valence-corrected chi connectivity index (χ0v) is 11.0. The smallest absolute Gasteiger partial charge is 0.251 e. The zero-order chi connectivity index (χ0) is 13.9. The first-order chi connectivity index (χ1) is 8.36. The summed E-state index contributed by atoms with van der Waals surface area (Å²) in [6.07, 6.45) is 0. The molecule has 0 aromatic heterocycles. The molecule has 0 radical (unpaired) electrons. The van der Waals surface area contributed by atoms with Crippen molar-refractivity contribution >= 4 is 11.6 Å². The van der Waals surface area contributed by atoms with Crippen molar-refractivity contribution in [3.8, 4) is 0 Å². The molecule has 0 saturated heterocycles. The lowest BCUT2D eigenvalue weighted by atomic mass is 10.1. The van der Waals surface area contributed by atoms with Gasteiger partial charge in [0.2, 0.25) is 0 Å². The molecule has 0 heterocycles. The van der Waals surface area contributed by atoms with E-state index in [0.717, 1.165) is 12.1 Å². The monoisotopic (exact) mass is 256 g/mol. The molecular weight excluding hydrogens is 238 g/mol. The molecule has 1 amide bonds. The highest BCUT2D eigenvalue weighted by Crippen LogP contribution is 2.20. The molecule has 1 aromatic rings. The molecule has 0 spiro atoms. The molecule has 0 saturated carbocycles. The van der Waals surface area contributed by atoms with E-state index >= 15 is 0 Å². The molecule has 3 nitrogen and oxygen atoms in total. The highest BCUT2D eigenvalue weighted by atomic mass is 19.1. The van der Waals surface area contributed by atoms with Gasteiger partial charge in [-0.05, 0) is 25.0 Å². The van der Waals surface area contributed by atoms with Crippen LogP contribution in [-0.2, 0) is 0 Å². The van der Waals surface area contributed by atoms with Crippen LogP contribution in [0.4, 0.5) is 14.5 Å². The first-order valence-corrected chi connectivity index (χ1v) is 5.84. The van der Waals surface area contributed by atoms with E-state index in [9.17, 15) is 13.6 Å². The summed E-state index contributed by atoms with van der Waals surface area (Å²) in [6, 6.07) is 1.99. The van der Waals surface area contributed by atoms with Gasteiger partial charge in [-0.1, -0.05) is 13.8 Å². The molecule has 1 aromatic carbocycles. The van der Waals surface area contributed by atoms with Crippen molar-refractivity contribution in [2.24, 2.45) is 5.92 Å². The Morgan fingerprint density at radius 1 is 1.17 bits per heavy atom. The topological polar surface area (TPSA) is 41.1 Å². The van der Waals surface area contributed by atoms with Crippen LogP contribution >= 0.6 is 0 Å². The van der Waals surface area contributed by atoms with E-state index in [1.807, 2.05) is 20.8 Å². The second kappa shape index (κ2) is 5.80. The molecule has 1 atom stereocenters. The van der Waals surface area contributed by atoms with Crippen molar-refractivity contribution in [2.45, 2.75) is 26.8 Å². The van der Waals surface area contributed by atoms with Gasteiger partial charge in [0.25, 0.3) is 5.91 Å². The fourth-order valence-corrected chi connectivity index (χ4v) is 1.40. The Kier molecular flexibility index (Phi) is 4.64. The second-order valence-electron chi connectivity index (χ2n) is 4.57. The lowest BCUT2D eigenvalue weighted by Crippen LogP contribution is -2.36. The van der Waals surface area contributed by atoms with Crippen LogP contribution < -0.4 is 10.6 Å². The van der Waals surface area contributed by atoms with Crippen LogP contribution in [0.15, 0.2) is 12.1 Å². The molecule has 0 bridgehead atoms. The van der Waals surface area contributed by atoms with Gasteiger partial charge >= 0.3 is 0 Å². The summed E-state index contributed by atoms with van der Waals surface area (Å²) in [4.78, 5) is 11.8. The molecule has 18 heavy (non-hydrogen) atoms. The first-order valence-electron chi connectivity index (χ1n) is 5.84. The van der Waals surface area contributed by atoms with Crippen LogP contribution in [-0.4, -0.2) is 19.0 Å². The normalized spacial score (nSPS) is 12.4. The number of anilines is 1. The minimum absolute atomic E-state index is 0.0171. The van der Waals surface area contributed by atoms with Crippen LogP contribution in [0.25, 0.3) is 0 Å². The Morgan fingerprint density at radius 2 is 1.67 bits per heavy atom. The van der Waals surface area contributed by atoms with Gasteiger partial charge in [0, 0.05) is 18.7 Å². The van der Waals surface area contributed by atoms with Gasteiger partial charge < -0.3 is 10.6 Å². The third kappa shape index (κ3) is 3.18. The molecule has 1 rings (SSSR count). The highest BCUT2D eigenvalue weighted by Gasteiger charge is 2.16. The van der Waals surface area contributed by atoms with Gasteiger partial charge in [0.1, 0.15) is 17.3 Å². The molecule has 0 aliphatic rings. The zero-order valence-electron chi connectivity index (χ0n) is 11.0. The standard InChI is InChI=1S/C13H18F2N2O/c1-7(2)8(3)17-13(18)9-5-10(14)12(16-4)11(15)6-9/h5-8,16H,1-4H3,(H,17,18). The number of rotatable bonds is 4. The van der Waals surface area contributed by atoms with E-state index in [2.05, 4.69) is 10.6 Å². The SMILES string of the molecule is CNc1c(F)cc(C(=O)NC(C)C(C)C)cc1F. The van der Waals surface area contributed by atoms with Crippen LogP contribution in [0.1, 0.15) is 31.1 Å². The van der Waals surface area contributed by atoms with E-state index < -0.39 is 17.5 Å². The molecule has 1 unspecified atom stereocenters. The average Bonchev–Trinajstić information content (AvgIpc) is 2.28. The number of benzene rings is 1. The number of hydrogen-bond acceptors (Lipinski definition) is 2. The summed E-state index contributed by atoms with van der Waals surface area (Å²) in [7, 11) is 1.42. The quantitative estimate of drug-likeness (QED) is 0.869. The predicted molar refractivity (Wildman–Crippen MR) is 67.7 cm³/mol. The van der Waals surface area contributed by atoms with E-state index in [0.29, 0.717) is 0 Å². The summed E-state index contributed by atoms with van der Waals surface area (Å²) in [5, 5.41) is 5.10. The van der Waals surface area contributed by atoms with E-state index in [1.165, 1.54) is 7.05 Å². The van der Waals surface area contributed by atoms with Crippen molar-refractivity contribution in [3.05, 3.63) is 29.3 Å². The first kappa shape index (κ1) is 14.4. The number of amides is 1. The van der Waals surface area contributed by atoms with E-state index in [4.69, 9.17) is 0 Å². The van der Waals surface area contributed by atoms with Crippen LogP contribution in [0.5, 0.6) is 0 Å². The number of halogens is 2. The van der Waals surface area contributed by atoms with Crippen molar-refractivity contribution in [1.29, 1.82) is 0 Å². The Hall–Kier alpha value is -1.65. The summed E-state index contributed by atoms with van der Waals surface area (Å²) in [5.74, 6) is -1.78. The van der Waals surface area contributed by atoms with Crippen LogP contribution in [0, 0.1) is 17.6 Å². The number of hydrogen-bond donors (Lipinski definition) is 2. The average molecular weight is 256 g/mol. The number of nitrogens with one attached hydrogen (secondary N) is 2. The maximum Gasteiger partial charge on any atom is 0.251 e. The summed E-state index contributed by atoms with van der Waals surface area (Å²) in [5.41, 5.74) is -0.250. The van der Waals surface area contributed by atoms with Gasteiger partial charge in [-0.2, -0.15) is 0 Å². The molecule has 2 N–H and O–H groups in total. The minimum atomic E-state index is -0.778. The fraction of sp³-hybridized carbons (Fsp3) is 0.462. The Morgan fingerprint density at radius 3 is 2.06 bits per heavy atom. The fourth-order valence-electron chi connectivity index (χ4n) is 1.40. The van der Waals surface area contributed by atoms with Gasteiger partial charge in [0.15, 0.2) is 0 Å². The summed E-state index contributed by atoms with van der Waals surface area (Å²) < 4.78 is 27.0. The third-order valence-electron chi connectivity index (χ3n) is 2.91. The number of carbonyl (C=O) groups is 1. The minimum Gasteiger partial charge on any atom is -0.383 e. The summed E-state index contributed by atoms with van der Waals surface area (Å²) >= 11 is 0. The van der Waals surface area contributed by atoms with Gasteiger partial charge in [-0.25, -0.2) is 8.78 Å². The Balaban J connectivity index is 2.94. The van der Waals surface area contributed by atoms with Crippen molar-refractivity contribution in [1.82, 2.24) is 5.32 Å². The van der Waals surface area contributed by atoms with Crippen molar-refractivity contribution in [2.75, 3.05) is 12.4 Å². The molecular formula is C13H18F2N2O. The van der Waals surface area contributed by atoms with Gasteiger partial charge in [-0.3, -0.25) is 4.79 Å². The predicted octanol–water partition coefficient (Wildman–Crippen LogP) is 2.78. The Labute approximate surface area is 106 Å². The Bertz CT molecular complexity index is 424. The molecule has 5 heteroatoms. The van der Waals surface area contributed by atoms with Crippen molar-refractivity contribution < 1.29 is 13.6 Å². The van der Waals surface area contributed by atoms with Gasteiger partial charge in [0.05, 0.1) is 0 Å². The molecule has 0 aliphatic heterocycles. The third-order valence-corrected chi connectivity index (χ3v) is 2.91. The second-order valence-corrected chi connectivity index (χ2v) is 4.57. The molecule has 100 valence electrons. The maximum absolute atomic E-state index is 13.5. The highest BCUT2D eigenvalue weighted by molar-refractivity contribution is 5.94. The number of carbonyl (C=O) groups excluding carboxylic acids is 1. The van der Waals surface area contributed by atoms with E-state index in [-0.39, 0.29) is 23.2 Å². The molecule has 0 aliphatic carbocycles. The summed E-state index contributed by atoms with van der Waals surface area (Å²) in [6.45, 7) is 5.75. The molecule has 0 fully saturated rings. The van der Waals surface area contributed by atoms with E-state index in [1.54, 1.807) is 0 Å². The lowest BCUT2D eigenvalue weighted by molar-refractivity contribution is 0.0929. The van der Waals surface area contributed by atoms with Gasteiger partial charge in [-0.15, -0.1) is 0 Å². The lowest BCUT2D eigenvalue weighted by Gasteiger charge is -2.17. The maximum atomic E-state index is 13.5. The van der Waals surface area contributed by atoms with Crippen LogP contribution in [0.2, 0.25) is 0 Å².